The second-order valence-electron chi connectivity index (χ2n) is 4.49. The van der Waals surface area contributed by atoms with Gasteiger partial charge in [0.15, 0.2) is 0 Å². The number of sulfonamides is 1. The molecule has 2 aromatic rings. The molecule has 0 saturated carbocycles. The van der Waals surface area contributed by atoms with Crippen LogP contribution in [-0.4, -0.2) is 23.6 Å². The third-order valence-corrected chi connectivity index (χ3v) is 4.24. The molecule has 108 valence electrons. The highest BCUT2D eigenvalue weighted by Crippen LogP contribution is 2.11. The van der Waals surface area contributed by atoms with E-state index in [4.69, 9.17) is 5.73 Å². The fourth-order valence-electron chi connectivity index (χ4n) is 1.78. The number of hydrogen-bond donors (Lipinski definition) is 3. The van der Waals surface area contributed by atoms with E-state index in [2.05, 4.69) is 19.9 Å². The largest absolute Gasteiger partial charge is 0.326 e. The van der Waals surface area contributed by atoms with Gasteiger partial charge >= 0.3 is 0 Å². The maximum Gasteiger partial charge on any atom is 0.216 e. The molecule has 1 heterocycles. The number of hydrogen-bond acceptors (Lipinski definition) is 5. The van der Waals surface area contributed by atoms with Gasteiger partial charge < -0.3 is 5.73 Å². The zero-order valence-electron chi connectivity index (χ0n) is 11.1. The zero-order valence-corrected chi connectivity index (χ0v) is 11.9. The SMILES string of the molecule is CC(NS(=O)(=O)Cc1ccc(CN)cc1)c1ncn[nH]1. The van der Waals surface area contributed by atoms with E-state index in [-0.39, 0.29) is 5.75 Å². The fraction of sp³-hybridized carbons (Fsp3) is 0.333. The van der Waals surface area contributed by atoms with Crippen molar-refractivity contribution in [3.63, 3.8) is 0 Å². The summed E-state index contributed by atoms with van der Waals surface area (Å²) in [6, 6.07) is 6.72. The minimum atomic E-state index is -3.45. The molecule has 2 rings (SSSR count). The first-order valence-corrected chi connectivity index (χ1v) is 7.78. The molecule has 0 saturated heterocycles. The Morgan fingerprint density at radius 3 is 2.50 bits per heavy atom. The molecular weight excluding hydrogens is 278 g/mol. The predicted molar refractivity (Wildman–Crippen MR) is 74.9 cm³/mol. The van der Waals surface area contributed by atoms with Crippen molar-refractivity contribution in [2.75, 3.05) is 0 Å². The molecule has 7 nitrogen and oxygen atoms in total. The van der Waals surface area contributed by atoms with Crippen LogP contribution in [0.15, 0.2) is 30.6 Å². The monoisotopic (exact) mass is 295 g/mol. The van der Waals surface area contributed by atoms with Crippen molar-refractivity contribution < 1.29 is 8.42 Å². The Balaban J connectivity index is 2.03. The van der Waals surface area contributed by atoms with Gasteiger partial charge in [-0.1, -0.05) is 24.3 Å². The quantitative estimate of drug-likeness (QED) is 0.715. The van der Waals surface area contributed by atoms with Gasteiger partial charge in [-0.05, 0) is 18.1 Å². The Bertz CT molecular complexity index is 637. The van der Waals surface area contributed by atoms with Gasteiger partial charge in [-0.2, -0.15) is 5.10 Å². The molecule has 0 aliphatic heterocycles. The van der Waals surface area contributed by atoms with E-state index in [1.165, 1.54) is 6.33 Å². The average molecular weight is 295 g/mol. The summed E-state index contributed by atoms with van der Waals surface area (Å²) < 4.78 is 26.7. The number of H-pyrrole nitrogens is 1. The van der Waals surface area contributed by atoms with E-state index in [0.717, 1.165) is 5.56 Å². The highest BCUT2D eigenvalue weighted by Gasteiger charge is 2.18. The Hall–Kier alpha value is -1.77. The summed E-state index contributed by atoms with van der Waals surface area (Å²) in [6.07, 6.45) is 1.34. The zero-order chi connectivity index (χ0) is 14.6. The van der Waals surface area contributed by atoms with E-state index in [0.29, 0.717) is 17.9 Å². The van der Waals surface area contributed by atoms with Crippen molar-refractivity contribution in [1.29, 1.82) is 0 Å². The molecule has 1 aromatic heterocycles. The standard InChI is InChI=1S/C12H17N5O2S/c1-9(12-14-8-15-16-12)17-20(18,19)7-11-4-2-10(6-13)3-5-11/h2-5,8-9,17H,6-7,13H2,1H3,(H,14,15,16). The number of nitrogens with two attached hydrogens (primary N) is 1. The van der Waals surface area contributed by atoms with Crippen LogP contribution in [0.3, 0.4) is 0 Å². The van der Waals surface area contributed by atoms with Crippen molar-refractivity contribution in [2.45, 2.75) is 25.3 Å². The third kappa shape index (κ3) is 3.86. The van der Waals surface area contributed by atoms with Crippen LogP contribution in [0.1, 0.15) is 29.9 Å². The van der Waals surface area contributed by atoms with Crippen molar-refractivity contribution >= 4 is 10.0 Å². The first kappa shape index (κ1) is 14.6. The Morgan fingerprint density at radius 2 is 1.95 bits per heavy atom. The topological polar surface area (TPSA) is 114 Å². The molecule has 0 aliphatic carbocycles. The smallest absolute Gasteiger partial charge is 0.216 e. The Morgan fingerprint density at radius 1 is 1.30 bits per heavy atom. The summed E-state index contributed by atoms with van der Waals surface area (Å²) in [4.78, 5) is 3.92. The molecule has 1 unspecified atom stereocenters. The van der Waals surface area contributed by atoms with E-state index >= 15 is 0 Å². The van der Waals surface area contributed by atoms with Crippen LogP contribution in [0.2, 0.25) is 0 Å². The van der Waals surface area contributed by atoms with Gasteiger partial charge in [0, 0.05) is 6.54 Å². The summed E-state index contributed by atoms with van der Waals surface area (Å²) in [6.45, 7) is 2.14. The number of aromatic amines is 1. The molecular formula is C12H17N5O2S. The highest BCUT2D eigenvalue weighted by molar-refractivity contribution is 7.88. The van der Waals surface area contributed by atoms with E-state index in [1.54, 1.807) is 19.1 Å². The van der Waals surface area contributed by atoms with Gasteiger partial charge in [-0.25, -0.2) is 18.1 Å². The van der Waals surface area contributed by atoms with Gasteiger partial charge in [0.2, 0.25) is 10.0 Å². The predicted octanol–water partition coefficient (Wildman–Crippen LogP) is 0.444. The lowest BCUT2D eigenvalue weighted by Gasteiger charge is -2.12. The molecule has 0 bridgehead atoms. The molecule has 0 amide bonds. The van der Waals surface area contributed by atoms with Crippen molar-refractivity contribution in [3.05, 3.63) is 47.5 Å². The van der Waals surface area contributed by atoms with Crippen molar-refractivity contribution in [1.82, 2.24) is 19.9 Å². The molecule has 4 N–H and O–H groups in total. The normalized spacial score (nSPS) is 13.3. The van der Waals surface area contributed by atoms with Crippen LogP contribution in [0, 0.1) is 0 Å². The molecule has 1 atom stereocenters. The minimum absolute atomic E-state index is 0.0870. The second-order valence-corrected chi connectivity index (χ2v) is 6.24. The lowest BCUT2D eigenvalue weighted by Crippen LogP contribution is -2.28. The number of aromatic nitrogens is 3. The van der Waals surface area contributed by atoms with Crippen LogP contribution in [0.5, 0.6) is 0 Å². The van der Waals surface area contributed by atoms with Gasteiger partial charge in [0.25, 0.3) is 0 Å². The van der Waals surface area contributed by atoms with Gasteiger partial charge in [0.1, 0.15) is 12.2 Å². The summed E-state index contributed by atoms with van der Waals surface area (Å²) >= 11 is 0. The van der Waals surface area contributed by atoms with E-state index in [9.17, 15) is 8.42 Å². The summed E-state index contributed by atoms with van der Waals surface area (Å²) in [5.74, 6) is 0.392. The third-order valence-electron chi connectivity index (χ3n) is 2.82. The second kappa shape index (κ2) is 6.12. The Kier molecular flexibility index (Phi) is 4.48. The fourth-order valence-corrected chi connectivity index (χ4v) is 3.15. The van der Waals surface area contributed by atoms with E-state index in [1.807, 2.05) is 12.1 Å². The van der Waals surface area contributed by atoms with Crippen molar-refractivity contribution in [2.24, 2.45) is 5.73 Å². The maximum absolute atomic E-state index is 12.1. The summed E-state index contributed by atoms with van der Waals surface area (Å²) in [7, 11) is -3.45. The molecule has 0 aliphatic rings. The van der Waals surface area contributed by atoms with Crippen LogP contribution in [0.4, 0.5) is 0 Å². The number of benzene rings is 1. The van der Waals surface area contributed by atoms with Gasteiger partial charge in [0.05, 0.1) is 11.8 Å². The van der Waals surface area contributed by atoms with E-state index < -0.39 is 16.1 Å². The van der Waals surface area contributed by atoms with Crippen LogP contribution in [0.25, 0.3) is 0 Å². The van der Waals surface area contributed by atoms with Gasteiger partial charge in [-0.3, -0.25) is 5.10 Å². The summed E-state index contributed by atoms with van der Waals surface area (Å²) in [5, 5.41) is 6.33. The lowest BCUT2D eigenvalue weighted by atomic mass is 10.1. The van der Waals surface area contributed by atoms with Crippen molar-refractivity contribution in [3.8, 4) is 0 Å². The molecule has 1 aromatic carbocycles. The lowest BCUT2D eigenvalue weighted by molar-refractivity contribution is 0.559. The van der Waals surface area contributed by atoms with Crippen LogP contribution in [-0.2, 0) is 22.3 Å². The summed E-state index contributed by atoms with van der Waals surface area (Å²) in [5.41, 5.74) is 7.17. The molecule has 8 heteroatoms. The first-order chi connectivity index (χ1) is 9.50. The highest BCUT2D eigenvalue weighted by atomic mass is 32.2. The number of nitrogens with one attached hydrogen (secondary N) is 2. The van der Waals surface area contributed by atoms with Crippen LogP contribution < -0.4 is 10.5 Å². The molecule has 20 heavy (non-hydrogen) atoms. The minimum Gasteiger partial charge on any atom is -0.326 e. The average Bonchev–Trinajstić information content (AvgIpc) is 2.92. The van der Waals surface area contributed by atoms with Gasteiger partial charge in [-0.15, -0.1) is 0 Å². The number of nitrogens with zero attached hydrogens (tertiary/aromatic N) is 2. The molecule has 0 spiro atoms. The first-order valence-electron chi connectivity index (χ1n) is 6.13. The van der Waals surface area contributed by atoms with Crippen LogP contribution >= 0.6 is 0 Å². The Labute approximate surface area is 117 Å². The molecule has 0 radical (unpaired) electrons. The number of rotatable bonds is 6. The maximum atomic E-state index is 12.1. The molecule has 0 fully saturated rings.